The van der Waals surface area contributed by atoms with E-state index in [0.29, 0.717) is 5.96 Å². The van der Waals surface area contributed by atoms with Crippen LogP contribution in [0.5, 0.6) is 0 Å². The SMILES string of the molecule is CNC(=N)Nc1ccc(CCc2cs[c]n2)cc1. The molecule has 0 aliphatic rings. The van der Waals surface area contributed by atoms with E-state index in [1.165, 1.54) is 16.9 Å². The molecule has 0 spiro atoms. The van der Waals surface area contributed by atoms with Crippen LogP contribution in [0, 0.1) is 10.9 Å². The summed E-state index contributed by atoms with van der Waals surface area (Å²) in [7, 11) is 1.72. The number of aromatic nitrogens is 1. The number of anilines is 1. The van der Waals surface area contributed by atoms with Crippen LogP contribution in [0.4, 0.5) is 5.69 Å². The van der Waals surface area contributed by atoms with Gasteiger partial charge in [0.1, 0.15) is 0 Å². The van der Waals surface area contributed by atoms with Crippen LogP contribution in [0.3, 0.4) is 0 Å². The Kier molecular flexibility index (Phi) is 4.30. The quantitative estimate of drug-likeness (QED) is 0.583. The van der Waals surface area contributed by atoms with Crippen molar-refractivity contribution < 1.29 is 0 Å². The molecule has 0 aliphatic carbocycles. The molecule has 18 heavy (non-hydrogen) atoms. The molecule has 1 heterocycles. The van der Waals surface area contributed by atoms with Gasteiger partial charge in [0.05, 0.1) is 5.69 Å². The first-order chi connectivity index (χ1) is 8.78. The largest absolute Gasteiger partial charge is 0.359 e. The van der Waals surface area contributed by atoms with Gasteiger partial charge in [0.25, 0.3) is 0 Å². The third-order valence-electron chi connectivity index (χ3n) is 2.58. The number of nitrogens with one attached hydrogen (secondary N) is 3. The first-order valence-corrected chi connectivity index (χ1v) is 6.58. The van der Waals surface area contributed by atoms with Crippen molar-refractivity contribution in [3.8, 4) is 0 Å². The lowest BCUT2D eigenvalue weighted by Gasteiger charge is -2.07. The minimum atomic E-state index is 0.292. The van der Waals surface area contributed by atoms with Crippen LogP contribution in [0.2, 0.25) is 0 Å². The van der Waals surface area contributed by atoms with E-state index in [4.69, 9.17) is 5.41 Å². The van der Waals surface area contributed by atoms with E-state index in [9.17, 15) is 0 Å². The van der Waals surface area contributed by atoms with Crippen molar-refractivity contribution in [1.29, 1.82) is 5.41 Å². The Hall–Kier alpha value is -1.88. The van der Waals surface area contributed by atoms with Gasteiger partial charge < -0.3 is 10.6 Å². The van der Waals surface area contributed by atoms with E-state index >= 15 is 0 Å². The highest BCUT2D eigenvalue weighted by molar-refractivity contribution is 7.07. The van der Waals surface area contributed by atoms with Crippen LogP contribution in [-0.4, -0.2) is 18.0 Å². The van der Waals surface area contributed by atoms with Gasteiger partial charge in [-0.2, -0.15) is 0 Å². The van der Waals surface area contributed by atoms with Gasteiger partial charge >= 0.3 is 0 Å². The summed E-state index contributed by atoms with van der Waals surface area (Å²) in [6.07, 6.45) is 1.92. The van der Waals surface area contributed by atoms with Crippen LogP contribution in [0.1, 0.15) is 11.3 Å². The zero-order valence-electron chi connectivity index (χ0n) is 10.2. The van der Waals surface area contributed by atoms with Crippen molar-refractivity contribution in [3.63, 3.8) is 0 Å². The summed E-state index contributed by atoms with van der Waals surface area (Å²) in [6.45, 7) is 0. The second kappa shape index (κ2) is 6.16. The van der Waals surface area contributed by atoms with Gasteiger partial charge in [-0.05, 0) is 30.5 Å². The van der Waals surface area contributed by atoms with Crippen molar-refractivity contribution in [3.05, 3.63) is 46.4 Å². The van der Waals surface area contributed by atoms with E-state index < -0.39 is 0 Å². The molecule has 0 atom stereocenters. The molecule has 4 nitrogen and oxygen atoms in total. The molecule has 1 aromatic carbocycles. The molecule has 93 valence electrons. The number of hydrogen-bond donors (Lipinski definition) is 3. The number of aryl methyl sites for hydroxylation is 2. The molecule has 2 rings (SSSR count). The van der Waals surface area contributed by atoms with E-state index in [0.717, 1.165) is 24.2 Å². The Labute approximate surface area is 111 Å². The van der Waals surface area contributed by atoms with Gasteiger partial charge in [0.2, 0.25) is 0 Å². The highest BCUT2D eigenvalue weighted by Crippen LogP contribution is 2.12. The summed E-state index contributed by atoms with van der Waals surface area (Å²) < 4.78 is 0. The molecule has 0 bridgehead atoms. The molecule has 0 aliphatic heterocycles. The molecular formula is C13H15N4S. The van der Waals surface area contributed by atoms with Gasteiger partial charge in [-0.3, -0.25) is 5.41 Å². The molecule has 1 radical (unpaired) electrons. The molecule has 2 aromatic rings. The third-order valence-corrected chi connectivity index (χ3v) is 3.17. The average Bonchev–Trinajstić information content (AvgIpc) is 2.91. The maximum absolute atomic E-state index is 7.47. The van der Waals surface area contributed by atoms with Crippen LogP contribution in [-0.2, 0) is 12.8 Å². The lowest BCUT2D eigenvalue weighted by molar-refractivity contribution is 0.925. The summed E-state index contributed by atoms with van der Waals surface area (Å²) in [5.74, 6) is 0.292. The summed E-state index contributed by atoms with van der Waals surface area (Å²) in [5.41, 5.74) is 6.14. The summed E-state index contributed by atoms with van der Waals surface area (Å²) in [5, 5.41) is 15.2. The Morgan fingerprint density at radius 1 is 1.33 bits per heavy atom. The minimum absolute atomic E-state index is 0.292. The lowest BCUT2D eigenvalue weighted by Crippen LogP contribution is -2.25. The Morgan fingerprint density at radius 3 is 2.72 bits per heavy atom. The first-order valence-electron chi connectivity index (χ1n) is 5.70. The predicted molar refractivity (Wildman–Crippen MR) is 75.2 cm³/mol. The Balaban J connectivity index is 1.89. The number of hydrogen-bond acceptors (Lipinski definition) is 3. The molecule has 5 heteroatoms. The van der Waals surface area contributed by atoms with Crippen LogP contribution in [0.25, 0.3) is 0 Å². The summed E-state index contributed by atoms with van der Waals surface area (Å²) >= 11 is 1.51. The van der Waals surface area contributed by atoms with Gasteiger partial charge in [0, 0.05) is 18.1 Å². The normalized spacial score (nSPS) is 10.1. The fraction of sp³-hybridized carbons (Fsp3) is 0.231. The predicted octanol–water partition coefficient (Wildman–Crippen LogP) is 2.29. The van der Waals surface area contributed by atoms with E-state index in [2.05, 4.69) is 33.3 Å². The summed E-state index contributed by atoms with van der Waals surface area (Å²) in [4.78, 5) is 4.14. The molecular weight excluding hydrogens is 244 g/mol. The fourth-order valence-electron chi connectivity index (χ4n) is 1.55. The highest BCUT2D eigenvalue weighted by atomic mass is 32.1. The number of thiazole rings is 1. The van der Waals surface area contributed by atoms with Gasteiger partial charge in [-0.25, -0.2) is 4.98 Å². The van der Waals surface area contributed by atoms with E-state index in [1.54, 1.807) is 7.05 Å². The number of guanidine groups is 1. The van der Waals surface area contributed by atoms with E-state index in [-0.39, 0.29) is 0 Å². The van der Waals surface area contributed by atoms with Crippen LogP contribution < -0.4 is 10.6 Å². The van der Waals surface area contributed by atoms with Crippen molar-refractivity contribution in [1.82, 2.24) is 10.3 Å². The molecule has 0 fully saturated rings. The van der Waals surface area contributed by atoms with Crippen molar-refractivity contribution in [2.24, 2.45) is 0 Å². The third kappa shape index (κ3) is 3.56. The molecule has 0 amide bonds. The zero-order chi connectivity index (χ0) is 12.8. The zero-order valence-corrected chi connectivity index (χ0v) is 11.0. The van der Waals surface area contributed by atoms with Crippen LogP contribution >= 0.6 is 11.3 Å². The average molecular weight is 259 g/mol. The van der Waals surface area contributed by atoms with Crippen molar-refractivity contribution in [2.75, 3.05) is 12.4 Å². The van der Waals surface area contributed by atoms with Gasteiger partial charge in [0.15, 0.2) is 11.5 Å². The maximum Gasteiger partial charge on any atom is 0.192 e. The van der Waals surface area contributed by atoms with Crippen molar-refractivity contribution in [2.45, 2.75) is 12.8 Å². The second-order valence-electron chi connectivity index (χ2n) is 3.88. The molecule has 0 saturated heterocycles. The Morgan fingerprint density at radius 2 is 2.11 bits per heavy atom. The number of nitrogens with zero attached hydrogens (tertiary/aromatic N) is 1. The van der Waals surface area contributed by atoms with Crippen LogP contribution in [0.15, 0.2) is 29.6 Å². The van der Waals surface area contributed by atoms with E-state index in [1.807, 2.05) is 17.5 Å². The molecule has 1 aromatic heterocycles. The van der Waals surface area contributed by atoms with Crippen molar-refractivity contribution >= 4 is 23.0 Å². The number of benzene rings is 1. The topological polar surface area (TPSA) is 60.8 Å². The minimum Gasteiger partial charge on any atom is -0.359 e. The highest BCUT2D eigenvalue weighted by Gasteiger charge is 1.99. The maximum atomic E-state index is 7.47. The first kappa shape index (κ1) is 12.6. The lowest BCUT2D eigenvalue weighted by atomic mass is 10.1. The van der Waals surface area contributed by atoms with Gasteiger partial charge in [-0.1, -0.05) is 12.1 Å². The fourth-order valence-corrected chi connectivity index (χ4v) is 2.08. The van der Waals surface area contributed by atoms with Gasteiger partial charge in [-0.15, -0.1) is 11.3 Å². The Bertz CT molecular complexity index is 490. The second-order valence-corrected chi connectivity index (χ2v) is 4.53. The standard InChI is InChI=1S/C13H15N4S/c1-15-13(14)17-11-5-2-10(3-6-11)4-7-12-8-18-9-16-12/h2-3,5-6,8H,4,7H2,1H3,(H3,14,15,17). The molecule has 0 unspecified atom stereocenters. The molecule has 3 N–H and O–H groups in total. The smallest absolute Gasteiger partial charge is 0.192 e. The molecule has 0 saturated carbocycles. The number of rotatable bonds is 4. The monoisotopic (exact) mass is 259 g/mol. The summed E-state index contributed by atoms with van der Waals surface area (Å²) in [6, 6.07) is 8.10.